The van der Waals surface area contributed by atoms with Gasteiger partial charge in [-0.1, -0.05) is 65.0 Å². The topological polar surface area (TPSA) is 145 Å². The normalized spacial score (nSPS) is 10.8. The molecule has 4 aromatic rings. The number of aryl methyl sites for hydroxylation is 2. The number of ether oxygens (including phenoxy) is 2. The molecule has 0 heterocycles. The summed E-state index contributed by atoms with van der Waals surface area (Å²) in [7, 11) is -7.18. The van der Waals surface area contributed by atoms with Gasteiger partial charge in [-0.3, -0.25) is 9.44 Å². The Morgan fingerprint density at radius 1 is 0.694 bits per heavy atom. The van der Waals surface area contributed by atoms with Gasteiger partial charge in [0.1, 0.15) is 0 Å². The van der Waals surface area contributed by atoms with Gasteiger partial charge in [0, 0.05) is 28.0 Å². The Kier molecular flexibility index (Phi) is 16.5. The van der Waals surface area contributed by atoms with Gasteiger partial charge < -0.3 is 9.47 Å². The van der Waals surface area contributed by atoms with Crippen molar-refractivity contribution in [2.75, 3.05) is 22.7 Å². The highest BCUT2D eigenvalue weighted by atomic mass is 79.9. The molecule has 0 spiro atoms. The highest BCUT2D eigenvalue weighted by Gasteiger charge is 2.15. The molecule has 260 valence electrons. The molecule has 0 fully saturated rings. The Bertz CT molecular complexity index is 1980. The van der Waals surface area contributed by atoms with E-state index in [1.165, 1.54) is 6.08 Å². The summed E-state index contributed by atoms with van der Waals surface area (Å²) in [5, 5.41) is 0. The summed E-state index contributed by atoms with van der Waals surface area (Å²) in [4.78, 5) is 21.9. The second-order valence-corrected chi connectivity index (χ2v) is 14.3. The summed E-state index contributed by atoms with van der Waals surface area (Å²) in [5.74, 6) is -0.800. The molecule has 0 aliphatic heterocycles. The summed E-state index contributed by atoms with van der Waals surface area (Å²) in [5.41, 5.74) is 3.41. The fourth-order valence-electron chi connectivity index (χ4n) is 3.81. The number of esters is 2. The molecule has 2 N–H and O–H groups in total. The van der Waals surface area contributed by atoms with Crippen LogP contribution < -0.4 is 9.44 Å². The van der Waals surface area contributed by atoms with E-state index in [9.17, 15) is 26.4 Å². The molecule has 0 atom stereocenters. The number of benzene rings is 4. The number of nitrogens with one attached hydrogen (secondary N) is 2. The van der Waals surface area contributed by atoms with Gasteiger partial charge in [-0.2, -0.15) is 0 Å². The first kappa shape index (κ1) is 40.5. The van der Waals surface area contributed by atoms with E-state index >= 15 is 0 Å². The first-order chi connectivity index (χ1) is 23.2. The van der Waals surface area contributed by atoms with Crippen molar-refractivity contribution in [2.45, 2.75) is 37.5 Å². The van der Waals surface area contributed by atoms with E-state index in [2.05, 4.69) is 36.7 Å². The van der Waals surface area contributed by atoms with E-state index in [1.54, 1.807) is 98.8 Å². The third kappa shape index (κ3) is 14.9. The number of anilines is 2. The fourth-order valence-corrected chi connectivity index (χ4v) is 6.51. The highest BCUT2D eigenvalue weighted by molar-refractivity contribution is 9.10. The number of sulfonamides is 2. The third-order valence-electron chi connectivity index (χ3n) is 5.97. The number of hydrogen-bond donors (Lipinski definition) is 2. The van der Waals surface area contributed by atoms with Crippen molar-refractivity contribution in [3.63, 3.8) is 0 Å². The van der Waals surface area contributed by atoms with Crippen LogP contribution in [0.15, 0.2) is 130 Å². The van der Waals surface area contributed by atoms with Gasteiger partial charge in [-0.25, -0.2) is 26.4 Å². The van der Waals surface area contributed by atoms with E-state index in [4.69, 9.17) is 4.74 Å². The number of halogens is 1. The molecule has 0 saturated carbocycles. The second kappa shape index (κ2) is 19.9. The van der Waals surface area contributed by atoms with Crippen molar-refractivity contribution in [2.24, 2.45) is 0 Å². The van der Waals surface area contributed by atoms with Crippen molar-refractivity contribution >= 4 is 65.4 Å². The lowest BCUT2D eigenvalue weighted by molar-refractivity contribution is -0.138. The number of carbonyl (C=O) groups is 2. The van der Waals surface area contributed by atoms with E-state index < -0.39 is 26.0 Å². The van der Waals surface area contributed by atoms with Crippen LogP contribution in [0.1, 0.15) is 30.5 Å². The largest absolute Gasteiger partial charge is 0.463 e. The minimum Gasteiger partial charge on any atom is -0.463 e. The highest BCUT2D eigenvalue weighted by Crippen LogP contribution is 2.21. The van der Waals surface area contributed by atoms with Gasteiger partial charge in [0.15, 0.2) is 0 Å². The third-order valence-corrected chi connectivity index (χ3v) is 9.22. The molecule has 4 aromatic carbocycles. The second-order valence-electron chi connectivity index (χ2n) is 10.0. The molecule has 0 amide bonds. The predicted molar refractivity (Wildman–Crippen MR) is 197 cm³/mol. The Morgan fingerprint density at radius 3 is 1.61 bits per heavy atom. The average Bonchev–Trinajstić information content (AvgIpc) is 3.04. The zero-order valence-corrected chi connectivity index (χ0v) is 30.8. The van der Waals surface area contributed by atoms with E-state index in [-0.39, 0.29) is 15.8 Å². The lowest BCUT2D eigenvalue weighted by atomic mass is 10.2. The summed E-state index contributed by atoms with van der Waals surface area (Å²) < 4.78 is 64.3. The van der Waals surface area contributed by atoms with Crippen LogP contribution >= 0.6 is 15.9 Å². The molecule has 4 rings (SSSR count). The summed E-state index contributed by atoms with van der Waals surface area (Å²) in [6, 6.07) is 27.3. The van der Waals surface area contributed by atoms with Crippen molar-refractivity contribution in [3.8, 4) is 0 Å². The van der Waals surface area contributed by atoms with Crippen molar-refractivity contribution < 1.29 is 35.9 Å². The monoisotopic (exact) mass is 770 g/mol. The number of hydrogen-bond acceptors (Lipinski definition) is 8. The molecule has 0 unspecified atom stereocenters. The quantitative estimate of drug-likeness (QED) is 0.117. The van der Waals surface area contributed by atoms with Gasteiger partial charge in [-0.15, -0.1) is 0 Å². The van der Waals surface area contributed by atoms with Crippen LogP contribution in [-0.4, -0.2) is 42.0 Å². The van der Waals surface area contributed by atoms with Crippen molar-refractivity contribution in [1.29, 1.82) is 0 Å². The first-order valence-electron chi connectivity index (χ1n) is 14.9. The van der Waals surface area contributed by atoms with Crippen LogP contribution in [0.3, 0.4) is 0 Å². The zero-order chi connectivity index (χ0) is 36.5. The smallest absolute Gasteiger partial charge is 0.330 e. The van der Waals surface area contributed by atoms with Crippen LogP contribution in [-0.2, 0) is 39.1 Å². The predicted octanol–water partition coefficient (Wildman–Crippen LogP) is 7.67. The maximum absolute atomic E-state index is 12.4. The standard InChI is InChI=1S/C18H19NO4S.C13H12BrNO2S.C5H8O2/c1-3-23-18(20)11-10-15-7-5-8-16(13-15)19-24(21,22)17-9-4-6-14(2)12-17;1-10-4-2-7-13(8-10)18(16,17)15-12-6-3-5-11(14)9-12;1-3-5(6)7-4-2/h4-13,19H,3H2,1-2H3;2-9,15H,1H3;3H,1,4H2,2H3/b11-10+;;. The summed E-state index contributed by atoms with van der Waals surface area (Å²) in [6.45, 7) is 11.1. The number of rotatable bonds is 11. The minimum atomic E-state index is -3.66. The molecule has 13 heteroatoms. The van der Waals surface area contributed by atoms with Crippen molar-refractivity contribution in [3.05, 3.63) is 137 Å². The minimum absolute atomic E-state index is 0.204. The SMILES string of the molecule is C=CC(=O)OCC.CCOC(=O)/C=C/c1cccc(NS(=O)(=O)c2cccc(C)c2)c1.Cc1cccc(S(=O)(=O)Nc2cccc(Br)c2)c1. The van der Waals surface area contributed by atoms with Crippen LogP contribution in [0.4, 0.5) is 11.4 Å². The number of carbonyl (C=O) groups excluding carboxylic acids is 2. The first-order valence-corrected chi connectivity index (χ1v) is 18.6. The van der Waals surface area contributed by atoms with E-state index in [0.717, 1.165) is 21.7 Å². The molecule has 0 radical (unpaired) electrons. The van der Waals surface area contributed by atoms with Crippen LogP contribution in [0.25, 0.3) is 6.08 Å². The van der Waals surface area contributed by atoms with Crippen LogP contribution in [0, 0.1) is 13.8 Å². The Hall–Kier alpha value is -4.72. The molecular formula is C36H39BrN2O8S2. The Labute approximate surface area is 297 Å². The molecule has 0 aliphatic rings. The van der Waals surface area contributed by atoms with Crippen molar-refractivity contribution in [1.82, 2.24) is 0 Å². The molecule has 0 saturated heterocycles. The zero-order valence-electron chi connectivity index (χ0n) is 27.6. The average molecular weight is 772 g/mol. The van der Waals surface area contributed by atoms with E-state index in [1.807, 2.05) is 32.0 Å². The lowest BCUT2D eigenvalue weighted by Gasteiger charge is -2.09. The summed E-state index contributed by atoms with van der Waals surface area (Å²) in [6.07, 6.45) is 4.02. The van der Waals surface area contributed by atoms with Crippen LogP contribution in [0.5, 0.6) is 0 Å². The Balaban J connectivity index is 0.000000293. The maximum Gasteiger partial charge on any atom is 0.330 e. The molecule has 0 aromatic heterocycles. The van der Waals surface area contributed by atoms with E-state index in [0.29, 0.717) is 30.2 Å². The molecule has 10 nitrogen and oxygen atoms in total. The van der Waals surface area contributed by atoms with Gasteiger partial charge in [-0.05, 0) is 105 Å². The fraction of sp³-hybridized carbons (Fsp3) is 0.167. The van der Waals surface area contributed by atoms with Gasteiger partial charge in [0.2, 0.25) is 0 Å². The summed E-state index contributed by atoms with van der Waals surface area (Å²) >= 11 is 3.30. The molecule has 0 aliphatic carbocycles. The molecule has 49 heavy (non-hydrogen) atoms. The van der Waals surface area contributed by atoms with Gasteiger partial charge >= 0.3 is 11.9 Å². The van der Waals surface area contributed by atoms with Gasteiger partial charge in [0.25, 0.3) is 20.0 Å². The maximum atomic E-state index is 12.4. The Morgan fingerprint density at radius 2 is 1.16 bits per heavy atom. The van der Waals surface area contributed by atoms with Gasteiger partial charge in [0.05, 0.1) is 23.0 Å². The molecular weight excluding hydrogens is 732 g/mol. The van der Waals surface area contributed by atoms with Crippen LogP contribution in [0.2, 0.25) is 0 Å². The molecule has 0 bridgehead atoms. The lowest BCUT2D eigenvalue weighted by Crippen LogP contribution is -2.13.